The van der Waals surface area contributed by atoms with Crippen molar-refractivity contribution in [2.24, 2.45) is 0 Å². The zero-order valence-electron chi connectivity index (χ0n) is 13.2. The number of allylic oxidation sites excluding steroid dienone is 1. The van der Waals surface area contributed by atoms with Crippen LogP contribution in [0.3, 0.4) is 0 Å². The Bertz CT molecular complexity index is 828. The van der Waals surface area contributed by atoms with E-state index >= 15 is 0 Å². The van der Waals surface area contributed by atoms with Gasteiger partial charge in [-0.3, -0.25) is 0 Å². The normalized spacial score (nSPS) is 10.4. The molecule has 2 N–H and O–H groups in total. The van der Waals surface area contributed by atoms with Crippen molar-refractivity contribution in [3.8, 4) is 16.2 Å². The molecule has 0 aliphatic heterocycles. The van der Waals surface area contributed by atoms with Crippen molar-refractivity contribution in [1.29, 1.82) is 0 Å². The number of phenolic OH excluding ortho intramolecular Hbond substituents is 1. The second kappa shape index (κ2) is 9.49. The summed E-state index contributed by atoms with van der Waals surface area (Å²) in [6.07, 6.45) is 4.02. The summed E-state index contributed by atoms with van der Waals surface area (Å²) in [5.41, 5.74) is 3.23. The number of rotatable bonds is 3. The molecular weight excluding hydrogens is 356 g/mol. The minimum Gasteiger partial charge on any atom is -0.508 e. The lowest BCUT2D eigenvalue weighted by Gasteiger charge is -1.95. The summed E-state index contributed by atoms with van der Waals surface area (Å²) in [6, 6.07) is 17.0. The maximum Gasteiger partial charge on any atom is 0.115 e. The first kappa shape index (κ1) is 18.5. The van der Waals surface area contributed by atoms with E-state index < -0.39 is 0 Å². The number of hydrogen-bond acceptors (Lipinski definition) is 5. The number of aliphatic hydroxyl groups is 1. The molecule has 0 amide bonds. The molecule has 0 atom stereocenters. The van der Waals surface area contributed by atoms with Crippen LogP contribution in [0.1, 0.15) is 18.1 Å². The Morgan fingerprint density at radius 3 is 2.17 bits per heavy atom. The van der Waals surface area contributed by atoms with Crippen LogP contribution in [0.4, 0.5) is 0 Å². The molecule has 2 nitrogen and oxygen atoms in total. The zero-order valence-corrected chi connectivity index (χ0v) is 15.6. The Morgan fingerprint density at radius 1 is 1.00 bits per heavy atom. The lowest BCUT2D eigenvalue weighted by atomic mass is 10.1. The van der Waals surface area contributed by atoms with Crippen LogP contribution in [0.25, 0.3) is 16.5 Å². The van der Waals surface area contributed by atoms with E-state index in [2.05, 4.69) is 0 Å². The average Bonchev–Trinajstić information content (AvgIpc) is 3.04. The van der Waals surface area contributed by atoms with Crippen molar-refractivity contribution in [3.05, 3.63) is 75.6 Å². The van der Waals surface area contributed by atoms with Gasteiger partial charge < -0.3 is 10.2 Å². The summed E-state index contributed by atoms with van der Waals surface area (Å²) in [4.78, 5) is 1.16. The first-order chi connectivity index (χ1) is 11.6. The van der Waals surface area contributed by atoms with Gasteiger partial charge in [-0.15, -0.1) is 0 Å². The van der Waals surface area contributed by atoms with E-state index in [4.69, 9.17) is 22.4 Å². The summed E-state index contributed by atoms with van der Waals surface area (Å²) >= 11 is 5.04. The molecule has 3 rings (SSSR count). The van der Waals surface area contributed by atoms with Gasteiger partial charge in [0.25, 0.3) is 0 Å². The van der Waals surface area contributed by atoms with Crippen molar-refractivity contribution in [1.82, 2.24) is 0 Å². The lowest BCUT2D eigenvalue weighted by molar-refractivity contribution is 0.282. The molecule has 0 saturated heterocycles. The molecule has 0 fully saturated rings. The van der Waals surface area contributed by atoms with E-state index in [1.807, 2.05) is 61.5 Å². The van der Waals surface area contributed by atoms with E-state index in [0.717, 1.165) is 19.8 Å². The van der Waals surface area contributed by atoms with E-state index in [1.54, 1.807) is 32.8 Å². The average molecular weight is 375 g/mol. The molecule has 0 unspecified atom stereocenters. The molecule has 0 radical (unpaired) electrons. The molecule has 1 aromatic heterocycles. The molecule has 2 aromatic carbocycles. The second-order valence-corrected chi connectivity index (χ2v) is 7.85. The lowest BCUT2D eigenvalue weighted by Crippen LogP contribution is -1.81. The monoisotopic (exact) mass is 374 g/mol. The highest BCUT2D eigenvalue weighted by molar-refractivity contribution is 7.80. The molecule has 3 aromatic rings. The molecule has 0 spiro atoms. The quantitative estimate of drug-likeness (QED) is 0.428. The third kappa shape index (κ3) is 5.69. The topological polar surface area (TPSA) is 40.5 Å². The van der Waals surface area contributed by atoms with Crippen LogP contribution >= 0.6 is 32.9 Å². The smallest absolute Gasteiger partial charge is 0.115 e. The van der Waals surface area contributed by atoms with Gasteiger partial charge in [0.05, 0.1) is 6.61 Å². The number of aliphatic hydroxyl groups excluding tert-OH is 1. The maximum absolute atomic E-state index is 9.09. The van der Waals surface area contributed by atoms with Crippen molar-refractivity contribution >= 4 is 39.0 Å². The Kier molecular flexibility index (Phi) is 7.34. The Hall–Kier alpha value is -1.79. The number of hydrogen-bond donors (Lipinski definition) is 2. The van der Waals surface area contributed by atoms with E-state index in [-0.39, 0.29) is 6.61 Å². The predicted molar refractivity (Wildman–Crippen MR) is 107 cm³/mol. The minimum atomic E-state index is 0.121. The first-order valence-corrected chi connectivity index (χ1v) is 9.90. The van der Waals surface area contributed by atoms with E-state index in [9.17, 15) is 0 Å². The van der Waals surface area contributed by atoms with Crippen LogP contribution in [0.2, 0.25) is 0 Å². The summed E-state index contributed by atoms with van der Waals surface area (Å²) in [5.74, 6) is 0.294. The molecule has 24 heavy (non-hydrogen) atoms. The predicted octanol–water partition coefficient (Wildman–Crippen LogP) is 6.12. The van der Waals surface area contributed by atoms with Crippen LogP contribution < -0.4 is 0 Å². The summed E-state index contributed by atoms with van der Waals surface area (Å²) in [7, 11) is 3.26. The van der Waals surface area contributed by atoms with Crippen LogP contribution in [0.5, 0.6) is 5.75 Å². The first-order valence-electron chi connectivity index (χ1n) is 7.34. The summed E-state index contributed by atoms with van der Waals surface area (Å²) in [6.45, 7) is 2.11. The second-order valence-electron chi connectivity index (χ2n) is 4.94. The number of benzene rings is 2. The van der Waals surface area contributed by atoms with Crippen molar-refractivity contribution in [2.75, 3.05) is 0 Å². The van der Waals surface area contributed by atoms with Gasteiger partial charge in [-0.05, 0) is 53.9 Å². The highest BCUT2D eigenvalue weighted by atomic mass is 32.9. The van der Waals surface area contributed by atoms with Gasteiger partial charge >= 0.3 is 0 Å². The molecule has 0 aliphatic rings. The van der Waals surface area contributed by atoms with Gasteiger partial charge in [-0.1, -0.05) is 69.3 Å². The highest BCUT2D eigenvalue weighted by Crippen LogP contribution is 2.30. The molecular formula is C19H18O2S3. The molecule has 0 aliphatic carbocycles. The standard InChI is InChI=1S/C10H12O.C9H6OS3/c1-2-3-9-4-6-10(8-11)7-5-9;10-7-3-1-6(2-4-7)8-5-9(11)13-12-8/h2-7,11H,8H2,1H3;1-5,10H/b3-2+;. The van der Waals surface area contributed by atoms with Crippen molar-refractivity contribution in [3.63, 3.8) is 0 Å². The van der Waals surface area contributed by atoms with Gasteiger partial charge in [-0.25, -0.2) is 0 Å². The zero-order chi connectivity index (χ0) is 17.4. The van der Waals surface area contributed by atoms with Gasteiger partial charge in [0.15, 0.2) is 0 Å². The van der Waals surface area contributed by atoms with Crippen LogP contribution in [-0.4, -0.2) is 10.2 Å². The van der Waals surface area contributed by atoms with Crippen molar-refractivity contribution < 1.29 is 10.2 Å². The van der Waals surface area contributed by atoms with E-state index in [0.29, 0.717) is 5.75 Å². The fraction of sp³-hybridized carbons (Fsp3) is 0.105. The Labute approximate surface area is 154 Å². The summed E-state index contributed by atoms with van der Waals surface area (Å²) < 4.78 is 0.910. The fourth-order valence-electron chi connectivity index (χ4n) is 1.92. The largest absolute Gasteiger partial charge is 0.508 e. The van der Waals surface area contributed by atoms with Crippen molar-refractivity contribution in [2.45, 2.75) is 13.5 Å². The summed E-state index contributed by atoms with van der Waals surface area (Å²) in [5, 5.41) is 17.8. The third-order valence-electron chi connectivity index (χ3n) is 3.14. The maximum atomic E-state index is 9.09. The van der Waals surface area contributed by atoms with Gasteiger partial charge in [-0.2, -0.15) is 0 Å². The fourth-order valence-corrected chi connectivity index (χ4v) is 4.33. The highest BCUT2D eigenvalue weighted by Gasteiger charge is 1.99. The number of aromatic hydroxyl groups is 1. The Morgan fingerprint density at radius 2 is 1.67 bits per heavy atom. The third-order valence-corrected chi connectivity index (χ3v) is 6.05. The van der Waals surface area contributed by atoms with Gasteiger partial charge in [0.1, 0.15) is 9.57 Å². The molecule has 124 valence electrons. The SMILES string of the molecule is C/C=C/c1ccc(CO)cc1.Oc1ccc(-c2cc(=S)ss2)cc1. The van der Waals surface area contributed by atoms with Gasteiger partial charge in [0.2, 0.25) is 0 Å². The van der Waals surface area contributed by atoms with Gasteiger partial charge in [0, 0.05) is 4.88 Å². The van der Waals surface area contributed by atoms with Crippen LogP contribution in [-0.2, 0) is 6.61 Å². The van der Waals surface area contributed by atoms with Crippen LogP contribution in [0.15, 0.2) is 60.7 Å². The molecule has 0 saturated carbocycles. The molecule has 5 heteroatoms. The molecule has 0 bridgehead atoms. The van der Waals surface area contributed by atoms with E-state index in [1.165, 1.54) is 5.56 Å². The van der Waals surface area contributed by atoms with Crippen LogP contribution in [0, 0.1) is 3.82 Å². The Balaban J connectivity index is 0.000000177. The molecule has 1 heterocycles. The number of phenols is 1. The minimum absolute atomic E-state index is 0.121.